The normalized spacial score (nSPS) is 15.8. The Morgan fingerprint density at radius 2 is 1.83 bits per heavy atom. The van der Waals surface area contributed by atoms with Gasteiger partial charge in [0.2, 0.25) is 5.78 Å². The third-order valence-electron chi connectivity index (χ3n) is 5.93. The fraction of sp³-hybridized carbons (Fsp3) is 0.111. The van der Waals surface area contributed by atoms with Gasteiger partial charge in [0.15, 0.2) is 22.9 Å². The lowest BCUT2D eigenvalue weighted by atomic mass is 9.93. The Labute approximate surface area is 198 Å². The van der Waals surface area contributed by atoms with Gasteiger partial charge in [0.25, 0.3) is 5.91 Å². The number of halogens is 2. The van der Waals surface area contributed by atoms with Crippen molar-refractivity contribution in [2.24, 2.45) is 0 Å². The van der Waals surface area contributed by atoms with Crippen molar-refractivity contribution < 1.29 is 32.6 Å². The molecule has 3 aromatic carbocycles. The van der Waals surface area contributed by atoms with Crippen molar-refractivity contribution in [3.8, 4) is 5.75 Å². The lowest BCUT2D eigenvalue weighted by Gasteiger charge is -2.27. The molecule has 0 saturated carbocycles. The van der Waals surface area contributed by atoms with E-state index in [2.05, 4.69) is 0 Å². The lowest BCUT2D eigenvalue weighted by Crippen LogP contribution is -2.32. The molecule has 176 valence electrons. The van der Waals surface area contributed by atoms with Crippen LogP contribution >= 0.6 is 0 Å². The predicted molar refractivity (Wildman–Crippen MR) is 125 cm³/mol. The number of nitrogens with zero attached hydrogens (tertiary/aromatic N) is 1. The first kappa shape index (κ1) is 22.3. The van der Waals surface area contributed by atoms with E-state index in [0.29, 0.717) is 22.3 Å². The Hall–Kier alpha value is -4.46. The molecule has 35 heavy (non-hydrogen) atoms. The maximum atomic E-state index is 14.8. The number of aliphatic hydroxyl groups is 1. The van der Waals surface area contributed by atoms with Gasteiger partial charge in [-0.25, -0.2) is 8.78 Å². The van der Waals surface area contributed by atoms with Gasteiger partial charge in [-0.1, -0.05) is 42.0 Å². The number of anilines is 1. The standard InChI is InChI=1S/C27H19F2NO5/c1-14-5-3-6-15(11-14)23-22(24(31)21-12-16-7-4-8-20(34-2)26(16)35-21)25(32)27(33)30(23)19-13-17(28)9-10-18(19)29/h3-13,23,32H,1-2H3. The molecule has 1 aliphatic rings. The van der Waals surface area contributed by atoms with E-state index >= 15 is 0 Å². The number of fused-ring (bicyclic) bond motifs is 1. The number of hydrogen-bond acceptors (Lipinski definition) is 5. The van der Waals surface area contributed by atoms with Crippen molar-refractivity contribution in [1.29, 1.82) is 0 Å². The van der Waals surface area contributed by atoms with Crippen LogP contribution in [0, 0.1) is 18.6 Å². The molecule has 0 bridgehead atoms. The molecule has 1 N–H and O–H groups in total. The highest BCUT2D eigenvalue weighted by Crippen LogP contribution is 2.43. The van der Waals surface area contributed by atoms with E-state index in [-0.39, 0.29) is 11.3 Å². The van der Waals surface area contributed by atoms with Crippen LogP contribution in [0.1, 0.15) is 27.7 Å². The Morgan fingerprint density at radius 3 is 2.57 bits per heavy atom. The zero-order chi connectivity index (χ0) is 24.9. The van der Waals surface area contributed by atoms with Gasteiger partial charge in [0, 0.05) is 11.5 Å². The number of aryl methyl sites for hydroxylation is 1. The molecule has 0 saturated heterocycles. The highest BCUT2D eigenvalue weighted by atomic mass is 19.1. The third-order valence-corrected chi connectivity index (χ3v) is 5.93. The second-order valence-electron chi connectivity index (χ2n) is 8.17. The monoisotopic (exact) mass is 475 g/mol. The fourth-order valence-corrected chi connectivity index (χ4v) is 4.35. The number of Topliss-reactive ketones (excluding diaryl/α,β-unsaturated/α-hetero) is 1. The van der Waals surface area contributed by atoms with Gasteiger partial charge in [-0.3, -0.25) is 14.5 Å². The quantitative estimate of drug-likeness (QED) is 0.369. The summed E-state index contributed by atoms with van der Waals surface area (Å²) in [5.74, 6) is -4.05. The second-order valence-corrected chi connectivity index (χ2v) is 8.17. The van der Waals surface area contributed by atoms with Crippen LogP contribution in [-0.2, 0) is 4.79 Å². The maximum Gasteiger partial charge on any atom is 0.294 e. The molecule has 0 fully saturated rings. The van der Waals surface area contributed by atoms with Gasteiger partial charge in [0.05, 0.1) is 24.4 Å². The minimum atomic E-state index is -1.22. The molecule has 1 unspecified atom stereocenters. The summed E-state index contributed by atoms with van der Waals surface area (Å²) in [6.07, 6.45) is 0. The molecule has 1 amide bonds. The van der Waals surface area contributed by atoms with Gasteiger partial charge in [-0.2, -0.15) is 0 Å². The van der Waals surface area contributed by atoms with Crippen LogP contribution in [-0.4, -0.2) is 23.9 Å². The molecule has 8 heteroatoms. The number of methoxy groups -OCH3 is 1. The summed E-state index contributed by atoms with van der Waals surface area (Å²) < 4.78 is 39.9. The average Bonchev–Trinajstić information content (AvgIpc) is 3.39. The first-order valence-electron chi connectivity index (χ1n) is 10.7. The SMILES string of the molecule is COc1cccc2cc(C(=O)C3=C(O)C(=O)N(c4cc(F)ccc4F)C3c3cccc(C)c3)oc12. The zero-order valence-electron chi connectivity index (χ0n) is 18.7. The Morgan fingerprint density at radius 1 is 1.06 bits per heavy atom. The lowest BCUT2D eigenvalue weighted by molar-refractivity contribution is -0.117. The first-order valence-corrected chi connectivity index (χ1v) is 10.7. The summed E-state index contributed by atoms with van der Waals surface area (Å²) >= 11 is 0. The van der Waals surface area contributed by atoms with Crippen LogP contribution < -0.4 is 9.64 Å². The maximum absolute atomic E-state index is 14.8. The summed E-state index contributed by atoms with van der Waals surface area (Å²) in [6, 6.07) is 14.9. The smallest absolute Gasteiger partial charge is 0.294 e. The summed E-state index contributed by atoms with van der Waals surface area (Å²) in [5, 5.41) is 11.4. The Balaban J connectivity index is 1.70. The van der Waals surface area contributed by atoms with Crippen LogP contribution in [0.15, 0.2) is 82.5 Å². The molecular weight excluding hydrogens is 456 g/mol. The number of hydrogen-bond donors (Lipinski definition) is 1. The molecule has 1 atom stereocenters. The van der Waals surface area contributed by atoms with Crippen LogP contribution in [0.5, 0.6) is 5.75 Å². The molecular formula is C27H19F2NO5. The van der Waals surface area contributed by atoms with Crippen molar-refractivity contribution in [2.45, 2.75) is 13.0 Å². The minimum Gasteiger partial charge on any atom is -0.503 e. The number of benzene rings is 3. The Bertz CT molecular complexity index is 1540. The molecule has 0 aliphatic carbocycles. The van der Waals surface area contributed by atoms with E-state index in [9.17, 15) is 23.5 Å². The minimum absolute atomic E-state index is 0.141. The van der Waals surface area contributed by atoms with Gasteiger partial charge < -0.3 is 14.3 Å². The van der Waals surface area contributed by atoms with Crippen LogP contribution in [0.25, 0.3) is 11.0 Å². The van der Waals surface area contributed by atoms with Crippen molar-refractivity contribution >= 4 is 28.3 Å². The van der Waals surface area contributed by atoms with Crippen molar-refractivity contribution in [1.82, 2.24) is 0 Å². The summed E-state index contributed by atoms with van der Waals surface area (Å²) in [6.45, 7) is 1.81. The third kappa shape index (κ3) is 3.63. The van der Waals surface area contributed by atoms with Crippen LogP contribution in [0.3, 0.4) is 0 Å². The second kappa shape index (κ2) is 8.39. The highest BCUT2D eigenvalue weighted by molar-refractivity contribution is 6.20. The largest absolute Gasteiger partial charge is 0.503 e. The van der Waals surface area contributed by atoms with Crippen molar-refractivity contribution in [2.75, 3.05) is 12.0 Å². The van der Waals surface area contributed by atoms with Gasteiger partial charge in [0.1, 0.15) is 11.6 Å². The molecule has 2 heterocycles. The molecule has 4 aromatic rings. The molecule has 1 aliphatic heterocycles. The van der Waals surface area contributed by atoms with E-state index in [4.69, 9.17) is 9.15 Å². The highest BCUT2D eigenvalue weighted by Gasteiger charge is 2.46. The number of carbonyl (C=O) groups is 2. The van der Waals surface area contributed by atoms with Crippen molar-refractivity contribution in [3.63, 3.8) is 0 Å². The van der Waals surface area contributed by atoms with Crippen LogP contribution in [0.2, 0.25) is 0 Å². The van der Waals surface area contributed by atoms with E-state index in [0.717, 1.165) is 28.7 Å². The molecule has 0 radical (unpaired) electrons. The van der Waals surface area contributed by atoms with Crippen LogP contribution in [0.4, 0.5) is 14.5 Å². The number of aliphatic hydroxyl groups excluding tert-OH is 1. The van der Waals surface area contributed by atoms with E-state index in [1.54, 1.807) is 36.4 Å². The Kier molecular flexibility index (Phi) is 5.36. The number of ether oxygens (including phenoxy) is 1. The number of rotatable bonds is 5. The number of ketones is 1. The number of furan rings is 1. The number of carbonyl (C=O) groups excluding carboxylic acids is 2. The fourth-order valence-electron chi connectivity index (χ4n) is 4.35. The predicted octanol–water partition coefficient (Wildman–Crippen LogP) is 5.81. The summed E-state index contributed by atoms with van der Waals surface area (Å²) in [4.78, 5) is 27.7. The summed E-state index contributed by atoms with van der Waals surface area (Å²) in [7, 11) is 1.46. The van der Waals surface area contributed by atoms with Gasteiger partial charge in [-0.15, -0.1) is 0 Å². The van der Waals surface area contributed by atoms with E-state index in [1.165, 1.54) is 13.2 Å². The molecule has 1 aromatic heterocycles. The molecule has 5 rings (SSSR count). The topological polar surface area (TPSA) is 80.0 Å². The number of para-hydroxylation sites is 1. The molecule has 6 nitrogen and oxygen atoms in total. The molecule has 0 spiro atoms. The zero-order valence-corrected chi connectivity index (χ0v) is 18.7. The van der Waals surface area contributed by atoms with E-state index in [1.807, 2.05) is 13.0 Å². The first-order chi connectivity index (χ1) is 16.8. The number of amides is 1. The summed E-state index contributed by atoms with van der Waals surface area (Å²) in [5.41, 5.74) is 0.858. The van der Waals surface area contributed by atoms with Gasteiger partial charge >= 0.3 is 0 Å². The van der Waals surface area contributed by atoms with Crippen molar-refractivity contribution in [3.05, 3.63) is 107 Å². The van der Waals surface area contributed by atoms with E-state index < -0.39 is 40.8 Å². The average molecular weight is 475 g/mol. The van der Waals surface area contributed by atoms with Gasteiger partial charge in [-0.05, 0) is 36.8 Å².